The summed E-state index contributed by atoms with van der Waals surface area (Å²) in [6, 6.07) is 15.3. The minimum absolute atomic E-state index is 0.0515. The molecule has 1 aliphatic heterocycles. The van der Waals surface area contributed by atoms with Crippen LogP contribution in [0.3, 0.4) is 0 Å². The highest BCUT2D eigenvalue weighted by atomic mass is 32.2. The Balaban J connectivity index is 1.52. The lowest BCUT2D eigenvalue weighted by molar-refractivity contribution is -0.137. The van der Waals surface area contributed by atoms with Gasteiger partial charge >= 0.3 is 6.18 Å². The molecule has 136 valence electrons. The average molecular weight is 377 g/mol. The van der Waals surface area contributed by atoms with Gasteiger partial charge in [-0.3, -0.25) is 4.79 Å². The molecule has 0 spiro atoms. The minimum atomic E-state index is -4.37. The van der Waals surface area contributed by atoms with Crippen molar-refractivity contribution < 1.29 is 18.0 Å². The van der Waals surface area contributed by atoms with Gasteiger partial charge in [0.2, 0.25) is 5.91 Å². The van der Waals surface area contributed by atoms with Crippen LogP contribution in [0.1, 0.15) is 34.4 Å². The SMILES string of the molecule is O=C(C1CC1c1ccccc1)N1CCSC1c1cccc(C(F)(F)F)c1. The van der Waals surface area contributed by atoms with Gasteiger partial charge in [0.1, 0.15) is 5.37 Å². The zero-order valence-corrected chi connectivity index (χ0v) is 14.8. The monoisotopic (exact) mass is 377 g/mol. The lowest BCUT2D eigenvalue weighted by Gasteiger charge is -2.25. The van der Waals surface area contributed by atoms with Crippen molar-refractivity contribution in [3.8, 4) is 0 Å². The maximum absolute atomic E-state index is 13.0. The topological polar surface area (TPSA) is 20.3 Å². The van der Waals surface area contributed by atoms with Crippen molar-refractivity contribution in [1.82, 2.24) is 4.90 Å². The first-order valence-corrected chi connectivity index (χ1v) is 9.64. The largest absolute Gasteiger partial charge is 0.416 e. The lowest BCUT2D eigenvalue weighted by atomic mass is 10.1. The van der Waals surface area contributed by atoms with Crippen molar-refractivity contribution >= 4 is 17.7 Å². The predicted molar refractivity (Wildman–Crippen MR) is 95.6 cm³/mol. The van der Waals surface area contributed by atoms with Crippen LogP contribution in [0.15, 0.2) is 54.6 Å². The van der Waals surface area contributed by atoms with Crippen molar-refractivity contribution in [1.29, 1.82) is 0 Å². The standard InChI is InChI=1S/C20H18F3NOS/c21-20(22,23)15-8-4-7-14(11-15)19-24(9-10-26-19)18(25)17-12-16(17)13-5-2-1-3-6-13/h1-8,11,16-17,19H,9-10,12H2. The molecule has 2 aromatic rings. The molecule has 2 aliphatic rings. The van der Waals surface area contributed by atoms with Crippen molar-refractivity contribution in [3.63, 3.8) is 0 Å². The maximum Gasteiger partial charge on any atom is 0.416 e. The van der Waals surface area contributed by atoms with E-state index in [1.165, 1.54) is 23.9 Å². The van der Waals surface area contributed by atoms with E-state index in [1.807, 2.05) is 30.3 Å². The third-order valence-corrected chi connectivity index (χ3v) is 6.27. The molecule has 0 bridgehead atoms. The Hall–Kier alpha value is -1.95. The quantitative estimate of drug-likeness (QED) is 0.743. The average Bonchev–Trinajstić information content (AvgIpc) is 3.29. The first-order valence-electron chi connectivity index (χ1n) is 8.59. The van der Waals surface area contributed by atoms with Gasteiger partial charge in [-0.2, -0.15) is 13.2 Å². The highest BCUT2D eigenvalue weighted by Gasteiger charge is 2.48. The second-order valence-electron chi connectivity index (χ2n) is 6.74. The molecular weight excluding hydrogens is 359 g/mol. The van der Waals surface area contributed by atoms with Crippen molar-refractivity contribution in [3.05, 3.63) is 71.3 Å². The van der Waals surface area contributed by atoms with Crippen LogP contribution < -0.4 is 0 Å². The van der Waals surface area contributed by atoms with Gasteiger partial charge in [0, 0.05) is 18.2 Å². The molecule has 0 N–H and O–H groups in total. The third kappa shape index (κ3) is 3.34. The van der Waals surface area contributed by atoms with Gasteiger partial charge < -0.3 is 4.90 Å². The number of nitrogens with zero attached hydrogens (tertiary/aromatic N) is 1. The van der Waals surface area contributed by atoms with Crippen LogP contribution in [-0.2, 0) is 11.0 Å². The fourth-order valence-corrected chi connectivity index (χ4v) is 4.84. The molecule has 2 nitrogen and oxygen atoms in total. The van der Waals surface area contributed by atoms with Crippen LogP contribution >= 0.6 is 11.8 Å². The number of carbonyl (C=O) groups excluding carboxylic acids is 1. The zero-order chi connectivity index (χ0) is 18.3. The molecule has 3 atom stereocenters. The number of hydrogen-bond acceptors (Lipinski definition) is 2. The third-order valence-electron chi connectivity index (χ3n) is 5.01. The Labute approximate surface area is 154 Å². The molecular formula is C20H18F3NOS. The van der Waals surface area contributed by atoms with E-state index in [9.17, 15) is 18.0 Å². The van der Waals surface area contributed by atoms with Crippen LogP contribution in [0.2, 0.25) is 0 Å². The number of thioether (sulfide) groups is 1. The zero-order valence-electron chi connectivity index (χ0n) is 13.9. The molecule has 1 heterocycles. The Morgan fingerprint density at radius 1 is 1.04 bits per heavy atom. The van der Waals surface area contributed by atoms with Crippen LogP contribution in [0, 0.1) is 5.92 Å². The van der Waals surface area contributed by atoms with Gasteiger partial charge in [-0.25, -0.2) is 0 Å². The first kappa shape index (κ1) is 17.5. The molecule has 2 fully saturated rings. The van der Waals surface area contributed by atoms with E-state index < -0.39 is 11.7 Å². The van der Waals surface area contributed by atoms with E-state index in [0.717, 1.165) is 23.8 Å². The Morgan fingerprint density at radius 2 is 1.77 bits per heavy atom. The number of halogens is 3. The normalized spacial score (nSPS) is 25.3. The van der Waals surface area contributed by atoms with Crippen molar-refractivity contribution in [2.45, 2.75) is 23.9 Å². The summed E-state index contributed by atoms with van der Waals surface area (Å²) in [6.07, 6.45) is -3.55. The molecule has 3 unspecified atom stereocenters. The maximum atomic E-state index is 13.0. The summed E-state index contributed by atoms with van der Waals surface area (Å²) < 4.78 is 39.0. The van der Waals surface area contributed by atoms with E-state index >= 15 is 0 Å². The van der Waals surface area contributed by atoms with E-state index in [0.29, 0.717) is 12.1 Å². The van der Waals surface area contributed by atoms with Gasteiger partial charge in [0.15, 0.2) is 0 Å². The summed E-state index contributed by atoms with van der Waals surface area (Å²) in [5.74, 6) is 0.988. The fraction of sp³-hybridized carbons (Fsp3) is 0.350. The lowest BCUT2D eigenvalue weighted by Crippen LogP contribution is -2.32. The second kappa shape index (κ2) is 6.65. The molecule has 26 heavy (non-hydrogen) atoms. The van der Waals surface area contributed by atoms with E-state index in [2.05, 4.69) is 0 Å². The Morgan fingerprint density at radius 3 is 2.50 bits per heavy atom. The van der Waals surface area contributed by atoms with Gasteiger partial charge in [0.25, 0.3) is 0 Å². The number of hydrogen-bond donors (Lipinski definition) is 0. The van der Waals surface area contributed by atoms with Crippen LogP contribution in [0.25, 0.3) is 0 Å². The summed E-state index contributed by atoms with van der Waals surface area (Å²) in [6.45, 7) is 0.586. The summed E-state index contributed by atoms with van der Waals surface area (Å²) in [5, 5.41) is -0.332. The molecule has 0 aromatic heterocycles. The van der Waals surface area contributed by atoms with E-state index in [-0.39, 0.29) is 23.1 Å². The molecule has 2 aromatic carbocycles. The van der Waals surface area contributed by atoms with Gasteiger partial charge in [-0.05, 0) is 35.6 Å². The number of carbonyl (C=O) groups is 1. The number of alkyl halides is 3. The molecule has 1 amide bonds. The second-order valence-corrected chi connectivity index (χ2v) is 7.93. The molecule has 6 heteroatoms. The van der Waals surface area contributed by atoms with Crippen LogP contribution in [0.5, 0.6) is 0 Å². The number of benzene rings is 2. The smallest absolute Gasteiger partial charge is 0.325 e. The first-order chi connectivity index (χ1) is 12.4. The molecule has 1 saturated carbocycles. The van der Waals surface area contributed by atoms with Gasteiger partial charge in [-0.1, -0.05) is 42.5 Å². The number of amides is 1. The van der Waals surface area contributed by atoms with Gasteiger partial charge in [0.05, 0.1) is 5.56 Å². The molecule has 4 rings (SSSR count). The fourth-order valence-electron chi connectivity index (χ4n) is 3.59. The van der Waals surface area contributed by atoms with E-state index in [4.69, 9.17) is 0 Å². The van der Waals surface area contributed by atoms with Crippen LogP contribution in [0.4, 0.5) is 13.2 Å². The van der Waals surface area contributed by atoms with Gasteiger partial charge in [-0.15, -0.1) is 11.8 Å². The molecule has 1 aliphatic carbocycles. The Kier molecular flexibility index (Phi) is 4.47. The minimum Gasteiger partial charge on any atom is -0.325 e. The summed E-state index contributed by atoms with van der Waals surface area (Å²) >= 11 is 1.53. The summed E-state index contributed by atoms with van der Waals surface area (Å²) in [7, 11) is 0. The summed E-state index contributed by atoms with van der Waals surface area (Å²) in [4.78, 5) is 14.7. The van der Waals surface area contributed by atoms with Crippen molar-refractivity contribution in [2.24, 2.45) is 5.92 Å². The van der Waals surface area contributed by atoms with Crippen molar-refractivity contribution in [2.75, 3.05) is 12.3 Å². The number of rotatable bonds is 3. The summed E-state index contributed by atoms with van der Waals surface area (Å²) in [5.41, 5.74) is 1.05. The van der Waals surface area contributed by atoms with Crippen LogP contribution in [-0.4, -0.2) is 23.1 Å². The Bertz CT molecular complexity index is 808. The van der Waals surface area contributed by atoms with E-state index in [1.54, 1.807) is 11.0 Å². The highest BCUT2D eigenvalue weighted by Crippen LogP contribution is 2.51. The predicted octanol–water partition coefficient (Wildman–Crippen LogP) is 5.08. The highest BCUT2D eigenvalue weighted by molar-refractivity contribution is 7.99. The molecule has 1 saturated heterocycles. The molecule has 0 radical (unpaired) electrons.